The molecule has 2 heteroatoms. The first kappa shape index (κ1) is 10.5. The zero-order valence-corrected chi connectivity index (χ0v) is 9.45. The minimum absolute atomic E-state index is 0.147. The van der Waals surface area contributed by atoms with Gasteiger partial charge in [-0.2, -0.15) is 0 Å². The summed E-state index contributed by atoms with van der Waals surface area (Å²) in [5.41, 5.74) is 1.18. The number of carbonyl (C=O) groups excluding carboxylic acids is 1. The lowest BCUT2D eigenvalue weighted by molar-refractivity contribution is -0.141. The summed E-state index contributed by atoms with van der Waals surface area (Å²) < 4.78 is 5.09. The smallest absolute Gasteiger partial charge is 0.334 e. The van der Waals surface area contributed by atoms with E-state index in [-0.39, 0.29) is 11.4 Å². The molecule has 0 aromatic rings. The molecule has 0 heterocycles. The molecule has 0 spiro atoms. The number of hydrogen-bond acceptors (Lipinski definition) is 2. The first-order chi connectivity index (χ1) is 7.07. The Labute approximate surface area is 91.0 Å². The van der Waals surface area contributed by atoms with Gasteiger partial charge < -0.3 is 4.74 Å². The van der Waals surface area contributed by atoms with Gasteiger partial charge in [0.25, 0.3) is 0 Å². The first-order valence-corrected chi connectivity index (χ1v) is 5.55. The Kier molecular flexibility index (Phi) is 2.45. The SMILES string of the molecule is C=CCOC(=O)C1=CCC2CC1C2(C)C. The van der Waals surface area contributed by atoms with Crippen molar-refractivity contribution in [2.24, 2.45) is 17.3 Å². The Balaban J connectivity index is 2.07. The Morgan fingerprint density at radius 2 is 2.47 bits per heavy atom. The summed E-state index contributed by atoms with van der Waals surface area (Å²) in [6, 6.07) is 0. The van der Waals surface area contributed by atoms with E-state index >= 15 is 0 Å². The molecular weight excluding hydrogens is 188 g/mol. The first-order valence-electron chi connectivity index (χ1n) is 5.55. The van der Waals surface area contributed by atoms with E-state index in [2.05, 4.69) is 26.5 Å². The molecule has 3 aliphatic carbocycles. The van der Waals surface area contributed by atoms with Crippen LogP contribution in [0.25, 0.3) is 0 Å². The van der Waals surface area contributed by atoms with Crippen LogP contribution in [0.15, 0.2) is 24.3 Å². The number of ether oxygens (including phenoxy) is 1. The van der Waals surface area contributed by atoms with Crippen LogP contribution in [0.4, 0.5) is 0 Å². The van der Waals surface area contributed by atoms with Crippen molar-refractivity contribution in [2.75, 3.05) is 6.61 Å². The van der Waals surface area contributed by atoms with Crippen LogP contribution in [0.3, 0.4) is 0 Å². The largest absolute Gasteiger partial charge is 0.458 e. The van der Waals surface area contributed by atoms with Crippen molar-refractivity contribution in [1.29, 1.82) is 0 Å². The molecule has 0 aliphatic heterocycles. The van der Waals surface area contributed by atoms with Gasteiger partial charge in [0.2, 0.25) is 0 Å². The summed E-state index contributed by atoms with van der Waals surface area (Å²) in [6.07, 6.45) is 5.86. The Morgan fingerprint density at radius 3 is 3.00 bits per heavy atom. The minimum Gasteiger partial charge on any atom is -0.458 e. The lowest BCUT2D eigenvalue weighted by atomic mass is 9.49. The molecule has 0 amide bonds. The van der Waals surface area contributed by atoms with Gasteiger partial charge in [0.15, 0.2) is 0 Å². The molecule has 82 valence electrons. The van der Waals surface area contributed by atoms with Crippen LogP contribution < -0.4 is 0 Å². The lowest BCUT2D eigenvalue weighted by Crippen LogP contribution is -2.49. The van der Waals surface area contributed by atoms with Crippen LogP contribution in [-0.4, -0.2) is 12.6 Å². The molecule has 3 aliphatic rings. The zero-order valence-electron chi connectivity index (χ0n) is 9.45. The van der Waals surface area contributed by atoms with Crippen LogP contribution in [-0.2, 0) is 9.53 Å². The number of carbonyl (C=O) groups is 1. The van der Waals surface area contributed by atoms with E-state index in [1.54, 1.807) is 6.08 Å². The van der Waals surface area contributed by atoms with Crippen LogP contribution in [0.2, 0.25) is 0 Å². The van der Waals surface area contributed by atoms with Crippen molar-refractivity contribution in [3.05, 3.63) is 24.3 Å². The van der Waals surface area contributed by atoms with Crippen LogP contribution in [0, 0.1) is 17.3 Å². The van der Waals surface area contributed by atoms with Gasteiger partial charge in [0.05, 0.1) is 0 Å². The Morgan fingerprint density at radius 1 is 1.73 bits per heavy atom. The summed E-state index contributed by atoms with van der Waals surface area (Å²) in [5.74, 6) is 1.03. The standard InChI is InChI=1S/C13H18O2/c1-4-7-15-12(14)10-6-5-9-8-11(10)13(9,2)3/h4,6,9,11H,1,5,7-8H2,2-3H3. The highest BCUT2D eigenvalue weighted by atomic mass is 16.5. The van der Waals surface area contributed by atoms with E-state index in [1.165, 1.54) is 0 Å². The fourth-order valence-electron chi connectivity index (χ4n) is 2.80. The van der Waals surface area contributed by atoms with Gasteiger partial charge in [-0.25, -0.2) is 4.79 Å². The summed E-state index contributed by atoms with van der Waals surface area (Å²) >= 11 is 0. The zero-order chi connectivity index (χ0) is 11.1. The van der Waals surface area contributed by atoms with Crippen molar-refractivity contribution in [1.82, 2.24) is 0 Å². The molecular formula is C13H18O2. The molecule has 0 saturated heterocycles. The highest BCUT2D eigenvalue weighted by Gasteiger charge is 2.52. The molecule has 0 aromatic carbocycles. The maximum absolute atomic E-state index is 11.7. The lowest BCUT2D eigenvalue weighted by Gasteiger charge is -2.55. The quantitative estimate of drug-likeness (QED) is 0.524. The van der Waals surface area contributed by atoms with E-state index in [9.17, 15) is 4.79 Å². The fourth-order valence-corrected chi connectivity index (χ4v) is 2.80. The molecule has 2 nitrogen and oxygen atoms in total. The summed E-state index contributed by atoms with van der Waals surface area (Å²) in [6.45, 7) is 8.35. The second-order valence-electron chi connectivity index (χ2n) is 5.09. The molecule has 15 heavy (non-hydrogen) atoms. The van der Waals surface area contributed by atoms with Crippen molar-refractivity contribution in [3.8, 4) is 0 Å². The van der Waals surface area contributed by atoms with Gasteiger partial charge in [-0.1, -0.05) is 32.6 Å². The molecule has 2 atom stereocenters. The fraction of sp³-hybridized carbons (Fsp3) is 0.615. The number of allylic oxidation sites excluding steroid dienone is 1. The van der Waals surface area contributed by atoms with E-state index in [1.807, 2.05) is 0 Å². The van der Waals surface area contributed by atoms with E-state index < -0.39 is 0 Å². The van der Waals surface area contributed by atoms with Crippen molar-refractivity contribution in [3.63, 3.8) is 0 Å². The maximum atomic E-state index is 11.7. The number of esters is 1. The number of rotatable bonds is 3. The summed E-state index contributed by atoms with van der Waals surface area (Å²) in [5, 5.41) is 0. The van der Waals surface area contributed by atoms with Crippen LogP contribution >= 0.6 is 0 Å². The van der Waals surface area contributed by atoms with Gasteiger partial charge in [-0.15, -0.1) is 0 Å². The van der Waals surface area contributed by atoms with E-state index in [0.29, 0.717) is 12.5 Å². The van der Waals surface area contributed by atoms with Gasteiger partial charge in [-0.3, -0.25) is 0 Å². The van der Waals surface area contributed by atoms with Crippen LogP contribution in [0.5, 0.6) is 0 Å². The monoisotopic (exact) mass is 206 g/mol. The second kappa shape index (κ2) is 3.51. The van der Waals surface area contributed by atoms with Crippen molar-refractivity contribution >= 4 is 5.97 Å². The van der Waals surface area contributed by atoms with Gasteiger partial charge >= 0.3 is 5.97 Å². The highest BCUT2D eigenvalue weighted by Crippen LogP contribution is 2.59. The third-order valence-corrected chi connectivity index (χ3v) is 4.04. The predicted molar refractivity (Wildman–Crippen MR) is 59.2 cm³/mol. The van der Waals surface area contributed by atoms with Crippen molar-refractivity contribution in [2.45, 2.75) is 26.7 Å². The van der Waals surface area contributed by atoms with Gasteiger partial charge in [-0.05, 0) is 30.1 Å². The molecule has 0 N–H and O–H groups in total. The summed E-state index contributed by atoms with van der Waals surface area (Å²) in [7, 11) is 0. The normalized spacial score (nSPS) is 31.2. The molecule has 3 rings (SSSR count). The van der Waals surface area contributed by atoms with E-state index in [4.69, 9.17) is 4.74 Å². The number of hydrogen-bond donors (Lipinski definition) is 0. The predicted octanol–water partition coefficient (Wildman–Crippen LogP) is 2.71. The Bertz CT molecular complexity index is 325. The minimum atomic E-state index is -0.147. The third-order valence-electron chi connectivity index (χ3n) is 4.04. The van der Waals surface area contributed by atoms with Gasteiger partial charge in [0, 0.05) is 5.57 Å². The molecule has 2 unspecified atom stereocenters. The molecule has 0 radical (unpaired) electrons. The van der Waals surface area contributed by atoms with Crippen molar-refractivity contribution < 1.29 is 9.53 Å². The Hall–Kier alpha value is -1.05. The number of fused-ring (bicyclic) bond motifs is 1. The molecule has 2 bridgehead atoms. The molecule has 1 saturated carbocycles. The average molecular weight is 206 g/mol. The molecule has 1 fully saturated rings. The van der Waals surface area contributed by atoms with E-state index in [0.717, 1.165) is 24.3 Å². The maximum Gasteiger partial charge on any atom is 0.334 e. The van der Waals surface area contributed by atoms with Crippen LogP contribution in [0.1, 0.15) is 26.7 Å². The summed E-state index contributed by atoms with van der Waals surface area (Å²) in [4.78, 5) is 11.7. The molecule has 0 aromatic heterocycles. The van der Waals surface area contributed by atoms with Gasteiger partial charge in [0.1, 0.15) is 6.61 Å². The average Bonchev–Trinajstić information content (AvgIpc) is 2.25. The highest BCUT2D eigenvalue weighted by molar-refractivity contribution is 5.90. The topological polar surface area (TPSA) is 26.3 Å². The third kappa shape index (κ3) is 1.52. The second-order valence-corrected chi connectivity index (χ2v) is 5.09.